The summed E-state index contributed by atoms with van der Waals surface area (Å²) in [4.78, 5) is 24.7. The molecule has 25 heavy (non-hydrogen) atoms. The number of benzene rings is 2. The number of hydrogen-bond acceptors (Lipinski definition) is 3. The van der Waals surface area contributed by atoms with Crippen LogP contribution in [0.5, 0.6) is 0 Å². The SMILES string of the molecule is Cc1oc2c(F)c(F)c(F)c(F)c2c(=O)c1C(=O)Nc1ccccc1. The molecule has 4 nitrogen and oxygen atoms in total. The fraction of sp³-hybridized carbons (Fsp3) is 0.0588. The second-order valence-electron chi connectivity index (χ2n) is 5.14. The molecule has 0 atom stereocenters. The van der Waals surface area contributed by atoms with E-state index in [9.17, 15) is 27.2 Å². The van der Waals surface area contributed by atoms with Crippen molar-refractivity contribution in [1.82, 2.24) is 0 Å². The number of fused-ring (bicyclic) bond motifs is 1. The van der Waals surface area contributed by atoms with Gasteiger partial charge in [0.2, 0.25) is 17.1 Å². The van der Waals surface area contributed by atoms with Gasteiger partial charge < -0.3 is 9.73 Å². The van der Waals surface area contributed by atoms with Crippen LogP contribution in [0.4, 0.5) is 23.2 Å². The van der Waals surface area contributed by atoms with Gasteiger partial charge in [-0.2, -0.15) is 4.39 Å². The Morgan fingerprint density at radius 3 is 2.20 bits per heavy atom. The number of carbonyl (C=O) groups excluding carboxylic acids is 1. The Labute approximate surface area is 137 Å². The molecular formula is C17H9F4NO3. The van der Waals surface area contributed by atoms with Crippen LogP contribution in [0.25, 0.3) is 11.0 Å². The lowest BCUT2D eigenvalue weighted by molar-refractivity contribution is 0.102. The number of carbonyl (C=O) groups is 1. The molecule has 1 aromatic heterocycles. The van der Waals surface area contributed by atoms with Crippen molar-refractivity contribution in [3.8, 4) is 0 Å². The normalized spacial score (nSPS) is 10.9. The van der Waals surface area contributed by atoms with E-state index in [1.807, 2.05) is 0 Å². The van der Waals surface area contributed by atoms with Crippen molar-refractivity contribution in [1.29, 1.82) is 0 Å². The van der Waals surface area contributed by atoms with E-state index in [4.69, 9.17) is 4.42 Å². The highest BCUT2D eigenvalue weighted by molar-refractivity contribution is 6.06. The molecule has 2 aromatic carbocycles. The van der Waals surface area contributed by atoms with Gasteiger partial charge in [-0.05, 0) is 19.1 Å². The molecule has 0 bridgehead atoms. The minimum absolute atomic E-state index is 0.336. The Morgan fingerprint density at radius 1 is 0.960 bits per heavy atom. The zero-order chi connectivity index (χ0) is 18.3. The van der Waals surface area contributed by atoms with Gasteiger partial charge in [-0.3, -0.25) is 9.59 Å². The summed E-state index contributed by atoms with van der Waals surface area (Å²) in [6, 6.07) is 8.01. The van der Waals surface area contributed by atoms with E-state index in [2.05, 4.69) is 5.32 Å². The average molecular weight is 351 g/mol. The largest absolute Gasteiger partial charge is 0.457 e. The van der Waals surface area contributed by atoms with Crippen LogP contribution in [0.1, 0.15) is 16.1 Å². The lowest BCUT2D eigenvalue weighted by Gasteiger charge is -2.09. The van der Waals surface area contributed by atoms with Gasteiger partial charge in [-0.15, -0.1) is 0 Å². The minimum Gasteiger partial charge on any atom is -0.457 e. The van der Waals surface area contributed by atoms with Crippen LogP contribution in [-0.2, 0) is 0 Å². The third-order valence-electron chi connectivity index (χ3n) is 3.54. The van der Waals surface area contributed by atoms with Gasteiger partial charge >= 0.3 is 0 Å². The molecule has 0 saturated carbocycles. The van der Waals surface area contributed by atoms with Crippen molar-refractivity contribution in [2.75, 3.05) is 5.32 Å². The Morgan fingerprint density at radius 2 is 1.56 bits per heavy atom. The number of hydrogen-bond donors (Lipinski definition) is 1. The fourth-order valence-corrected chi connectivity index (χ4v) is 2.38. The van der Waals surface area contributed by atoms with Crippen LogP contribution in [0.15, 0.2) is 39.5 Å². The van der Waals surface area contributed by atoms with Crippen molar-refractivity contribution in [2.45, 2.75) is 6.92 Å². The molecule has 0 aliphatic carbocycles. The summed E-state index contributed by atoms with van der Waals surface area (Å²) in [5.74, 6) is -9.34. The molecule has 1 heterocycles. The van der Waals surface area contributed by atoms with Gasteiger partial charge in [0.05, 0.1) is 0 Å². The van der Waals surface area contributed by atoms with Crippen LogP contribution in [-0.4, -0.2) is 5.91 Å². The smallest absolute Gasteiger partial charge is 0.263 e. The van der Waals surface area contributed by atoms with Crippen LogP contribution in [0.3, 0.4) is 0 Å². The lowest BCUT2D eigenvalue weighted by atomic mass is 10.1. The molecule has 0 spiro atoms. The van der Waals surface area contributed by atoms with E-state index in [0.717, 1.165) is 6.92 Å². The first-order chi connectivity index (χ1) is 11.8. The highest BCUT2D eigenvalue weighted by Gasteiger charge is 2.28. The molecule has 1 N–H and O–H groups in total. The molecule has 0 unspecified atom stereocenters. The average Bonchev–Trinajstić information content (AvgIpc) is 2.58. The van der Waals surface area contributed by atoms with Crippen LogP contribution < -0.4 is 10.7 Å². The van der Waals surface area contributed by atoms with E-state index in [0.29, 0.717) is 5.69 Å². The molecule has 1 amide bonds. The van der Waals surface area contributed by atoms with Crippen LogP contribution in [0.2, 0.25) is 0 Å². The number of anilines is 1. The maximum absolute atomic E-state index is 13.9. The maximum Gasteiger partial charge on any atom is 0.263 e. The highest BCUT2D eigenvalue weighted by Crippen LogP contribution is 2.26. The molecule has 3 rings (SSSR count). The summed E-state index contributed by atoms with van der Waals surface area (Å²) in [7, 11) is 0. The summed E-state index contributed by atoms with van der Waals surface area (Å²) in [5.41, 5.74) is -2.69. The number of para-hydroxylation sites is 1. The third kappa shape index (κ3) is 2.65. The van der Waals surface area contributed by atoms with Crippen LogP contribution >= 0.6 is 0 Å². The fourth-order valence-electron chi connectivity index (χ4n) is 2.38. The predicted molar refractivity (Wildman–Crippen MR) is 81.4 cm³/mol. The van der Waals surface area contributed by atoms with Crippen molar-refractivity contribution in [2.24, 2.45) is 0 Å². The van der Waals surface area contributed by atoms with Crippen molar-refractivity contribution in [3.63, 3.8) is 0 Å². The van der Waals surface area contributed by atoms with E-state index < -0.39 is 51.1 Å². The first-order valence-corrected chi connectivity index (χ1v) is 6.98. The summed E-state index contributed by atoms with van der Waals surface area (Å²) < 4.78 is 59.3. The Hall–Kier alpha value is -3.16. The predicted octanol–water partition coefficient (Wildman–Crippen LogP) is 3.91. The second-order valence-corrected chi connectivity index (χ2v) is 5.14. The monoisotopic (exact) mass is 351 g/mol. The van der Waals surface area contributed by atoms with Crippen molar-refractivity contribution >= 4 is 22.6 Å². The molecule has 0 radical (unpaired) electrons. The zero-order valence-corrected chi connectivity index (χ0v) is 12.6. The number of nitrogens with one attached hydrogen (secondary N) is 1. The van der Waals surface area contributed by atoms with E-state index in [1.54, 1.807) is 18.2 Å². The van der Waals surface area contributed by atoms with E-state index in [1.165, 1.54) is 12.1 Å². The molecule has 0 saturated heterocycles. The van der Waals surface area contributed by atoms with Crippen molar-refractivity contribution < 1.29 is 26.8 Å². The number of amides is 1. The molecule has 0 fully saturated rings. The maximum atomic E-state index is 13.9. The van der Waals surface area contributed by atoms with Gasteiger partial charge in [0, 0.05) is 5.69 Å². The highest BCUT2D eigenvalue weighted by atomic mass is 19.2. The Bertz CT molecular complexity index is 1060. The lowest BCUT2D eigenvalue weighted by Crippen LogP contribution is -2.24. The summed E-state index contributed by atoms with van der Waals surface area (Å²) in [6.07, 6.45) is 0. The minimum atomic E-state index is -2.16. The quantitative estimate of drug-likeness (QED) is 0.433. The van der Waals surface area contributed by atoms with Gasteiger partial charge in [-0.25, -0.2) is 13.2 Å². The number of halogens is 4. The first kappa shape index (κ1) is 16.7. The van der Waals surface area contributed by atoms with E-state index in [-0.39, 0.29) is 5.76 Å². The molecule has 0 aliphatic heterocycles. The topological polar surface area (TPSA) is 59.3 Å². The molecule has 8 heteroatoms. The first-order valence-electron chi connectivity index (χ1n) is 6.98. The zero-order valence-electron chi connectivity index (χ0n) is 12.6. The number of aryl methyl sites for hydroxylation is 1. The molecule has 128 valence electrons. The van der Waals surface area contributed by atoms with Crippen LogP contribution in [0, 0.1) is 30.2 Å². The number of rotatable bonds is 2. The standard InChI is InChI=1S/C17H9F4NO3/c1-7-9(17(24)22-8-5-3-2-4-6-8)15(23)10-11(18)12(19)13(20)14(21)16(10)25-7/h2-6H,1H3,(H,22,24). The molecular weight excluding hydrogens is 342 g/mol. The third-order valence-corrected chi connectivity index (χ3v) is 3.54. The molecule has 3 aromatic rings. The Kier molecular flexibility index (Phi) is 4.03. The molecule has 0 aliphatic rings. The summed E-state index contributed by atoms with van der Waals surface area (Å²) in [5, 5.41) is 1.22. The van der Waals surface area contributed by atoms with Gasteiger partial charge in [-0.1, -0.05) is 18.2 Å². The van der Waals surface area contributed by atoms with E-state index >= 15 is 0 Å². The second kappa shape index (κ2) is 6.04. The van der Waals surface area contributed by atoms with Gasteiger partial charge in [0.1, 0.15) is 16.7 Å². The Balaban J connectivity index is 2.24. The van der Waals surface area contributed by atoms with Gasteiger partial charge in [0.25, 0.3) is 5.91 Å². The summed E-state index contributed by atoms with van der Waals surface area (Å²) >= 11 is 0. The summed E-state index contributed by atoms with van der Waals surface area (Å²) in [6.45, 7) is 1.15. The van der Waals surface area contributed by atoms with Crippen molar-refractivity contribution in [3.05, 3.63) is 75.1 Å². The van der Waals surface area contributed by atoms with Gasteiger partial charge in [0.15, 0.2) is 17.2 Å².